The third-order valence-corrected chi connectivity index (χ3v) is 6.11. The van der Waals surface area contributed by atoms with Crippen LogP contribution in [0.5, 0.6) is 0 Å². The van der Waals surface area contributed by atoms with Gasteiger partial charge in [0.05, 0.1) is 18.6 Å². The van der Waals surface area contributed by atoms with Gasteiger partial charge >= 0.3 is 5.97 Å². The van der Waals surface area contributed by atoms with Crippen LogP contribution < -0.4 is 33.2 Å². The van der Waals surface area contributed by atoms with E-state index >= 15 is 0 Å². The van der Waals surface area contributed by atoms with Gasteiger partial charge in [0.15, 0.2) is 0 Å². The predicted octanol–water partition coefficient (Wildman–Crippen LogP) is -2.04. The van der Waals surface area contributed by atoms with Crippen molar-refractivity contribution in [1.29, 1.82) is 0 Å². The van der Waals surface area contributed by atoms with Crippen molar-refractivity contribution >= 4 is 40.5 Å². The monoisotopic (exact) mass is 547 g/mol. The molecule has 0 aliphatic carbocycles. The second kappa shape index (κ2) is 14.8. The van der Waals surface area contributed by atoms with Crippen LogP contribution in [0.2, 0.25) is 0 Å². The summed E-state index contributed by atoms with van der Waals surface area (Å²) >= 11 is 0. The molecule has 4 amide bonds. The van der Waals surface area contributed by atoms with Crippen LogP contribution in [0.25, 0.3) is 10.9 Å². The molecule has 0 saturated heterocycles. The number of rotatable bonds is 16. The molecular weight excluding hydrogens is 510 g/mol. The predicted molar refractivity (Wildman–Crippen MR) is 142 cm³/mol. The molecular formula is C25H37N7O7. The first kappa shape index (κ1) is 31.2. The number of carboxylic acids is 1. The van der Waals surface area contributed by atoms with Gasteiger partial charge in [0.2, 0.25) is 23.6 Å². The molecule has 0 bridgehead atoms. The summed E-state index contributed by atoms with van der Waals surface area (Å²) in [6.07, 6.45) is 0.867. The highest BCUT2D eigenvalue weighted by Crippen LogP contribution is 2.19. The van der Waals surface area contributed by atoms with E-state index in [9.17, 15) is 34.2 Å². The number of hydrogen-bond acceptors (Lipinski definition) is 8. The fourth-order valence-corrected chi connectivity index (χ4v) is 3.99. The zero-order valence-corrected chi connectivity index (χ0v) is 21.7. The minimum Gasteiger partial charge on any atom is -0.480 e. The van der Waals surface area contributed by atoms with Gasteiger partial charge in [-0.15, -0.1) is 0 Å². The molecule has 0 radical (unpaired) electrons. The number of H-pyrrole nitrogens is 1. The van der Waals surface area contributed by atoms with E-state index in [1.165, 1.54) is 6.92 Å². The molecule has 1 aromatic carbocycles. The number of carbonyl (C=O) groups excluding carboxylic acids is 4. The van der Waals surface area contributed by atoms with Gasteiger partial charge in [-0.1, -0.05) is 18.2 Å². The highest BCUT2D eigenvalue weighted by molar-refractivity contribution is 5.95. The largest absolute Gasteiger partial charge is 0.480 e. The maximum Gasteiger partial charge on any atom is 0.326 e. The van der Waals surface area contributed by atoms with Gasteiger partial charge in [-0.25, -0.2) is 4.79 Å². The Morgan fingerprint density at radius 2 is 1.64 bits per heavy atom. The number of para-hydroxylation sites is 1. The Balaban J connectivity index is 2.14. The number of aliphatic carboxylic acids is 1. The van der Waals surface area contributed by atoms with E-state index in [0.717, 1.165) is 10.9 Å². The molecule has 0 saturated carbocycles. The third-order valence-electron chi connectivity index (χ3n) is 6.11. The average molecular weight is 548 g/mol. The van der Waals surface area contributed by atoms with Crippen LogP contribution >= 0.6 is 0 Å². The summed E-state index contributed by atoms with van der Waals surface area (Å²) in [7, 11) is 0. The van der Waals surface area contributed by atoms with Crippen molar-refractivity contribution in [3.8, 4) is 0 Å². The van der Waals surface area contributed by atoms with Crippen molar-refractivity contribution in [1.82, 2.24) is 20.9 Å². The zero-order valence-electron chi connectivity index (χ0n) is 21.7. The smallest absolute Gasteiger partial charge is 0.326 e. The average Bonchev–Trinajstić information content (AvgIpc) is 3.28. The van der Waals surface area contributed by atoms with Crippen LogP contribution in [-0.2, 0) is 30.4 Å². The van der Waals surface area contributed by atoms with Gasteiger partial charge in [-0.2, -0.15) is 0 Å². The Morgan fingerprint density at radius 1 is 0.974 bits per heavy atom. The number of aliphatic hydroxyl groups is 1. The van der Waals surface area contributed by atoms with Gasteiger partial charge in [-0.05, 0) is 44.4 Å². The minimum absolute atomic E-state index is 0.0545. The van der Waals surface area contributed by atoms with Crippen molar-refractivity contribution in [2.45, 2.75) is 69.3 Å². The van der Waals surface area contributed by atoms with Crippen molar-refractivity contribution in [3.05, 3.63) is 36.0 Å². The van der Waals surface area contributed by atoms with Gasteiger partial charge < -0.3 is 48.3 Å². The number of carboxylic acid groups (broad SMARTS) is 1. The van der Waals surface area contributed by atoms with Crippen molar-refractivity contribution in [3.63, 3.8) is 0 Å². The number of nitrogens with one attached hydrogen (secondary N) is 4. The Bertz CT molecular complexity index is 1170. The van der Waals surface area contributed by atoms with E-state index in [0.29, 0.717) is 24.9 Å². The molecule has 5 unspecified atom stereocenters. The number of aromatic amines is 1. The van der Waals surface area contributed by atoms with Gasteiger partial charge in [0.1, 0.15) is 18.1 Å². The van der Waals surface area contributed by atoms with Crippen molar-refractivity contribution < 1.29 is 34.2 Å². The van der Waals surface area contributed by atoms with Crippen LogP contribution in [-0.4, -0.2) is 81.6 Å². The zero-order chi connectivity index (χ0) is 29.1. The van der Waals surface area contributed by atoms with E-state index in [4.69, 9.17) is 17.2 Å². The van der Waals surface area contributed by atoms with Crippen LogP contribution in [0.1, 0.15) is 38.2 Å². The van der Waals surface area contributed by atoms with E-state index in [2.05, 4.69) is 20.9 Å². The number of unbranched alkanes of at least 4 members (excludes halogenated alkanes) is 1. The van der Waals surface area contributed by atoms with Gasteiger partial charge in [-0.3, -0.25) is 19.2 Å². The lowest BCUT2D eigenvalue weighted by Crippen LogP contribution is -2.60. The molecule has 12 N–H and O–H groups in total. The van der Waals surface area contributed by atoms with Crippen LogP contribution in [0, 0.1) is 0 Å². The molecule has 0 spiro atoms. The Hall–Kier alpha value is -4.01. The van der Waals surface area contributed by atoms with E-state index in [-0.39, 0.29) is 12.8 Å². The first-order valence-electron chi connectivity index (χ1n) is 12.6. The summed E-state index contributed by atoms with van der Waals surface area (Å²) in [6.45, 7) is 1.60. The molecule has 0 aliphatic heterocycles. The Kier molecular flexibility index (Phi) is 11.8. The maximum absolute atomic E-state index is 13.1. The molecule has 14 heteroatoms. The minimum atomic E-state index is -1.53. The quantitative estimate of drug-likeness (QED) is 0.105. The number of amides is 4. The molecule has 5 atom stereocenters. The molecule has 39 heavy (non-hydrogen) atoms. The fraction of sp³-hybridized carbons (Fsp3) is 0.480. The van der Waals surface area contributed by atoms with Crippen LogP contribution in [0.4, 0.5) is 0 Å². The summed E-state index contributed by atoms with van der Waals surface area (Å²) in [5, 5.41) is 28.0. The fourth-order valence-electron chi connectivity index (χ4n) is 3.99. The lowest BCUT2D eigenvalue weighted by molar-refractivity contribution is -0.143. The highest BCUT2D eigenvalue weighted by atomic mass is 16.4. The normalized spacial score (nSPS) is 15.0. The van der Waals surface area contributed by atoms with Crippen LogP contribution in [0.15, 0.2) is 30.5 Å². The topological polar surface area (TPSA) is 256 Å². The number of primary amides is 1. The summed E-state index contributed by atoms with van der Waals surface area (Å²) in [6, 6.07) is 1.92. The molecule has 214 valence electrons. The number of nitrogens with two attached hydrogens (primary N) is 3. The summed E-state index contributed by atoms with van der Waals surface area (Å²) in [4.78, 5) is 64.6. The first-order chi connectivity index (χ1) is 18.4. The second-order valence-corrected chi connectivity index (χ2v) is 9.31. The molecule has 1 heterocycles. The van der Waals surface area contributed by atoms with Gasteiger partial charge in [0.25, 0.3) is 0 Å². The lowest BCUT2D eigenvalue weighted by atomic mass is 10.0. The summed E-state index contributed by atoms with van der Waals surface area (Å²) < 4.78 is 0. The molecule has 0 aliphatic rings. The second-order valence-electron chi connectivity index (χ2n) is 9.31. The summed E-state index contributed by atoms with van der Waals surface area (Å²) in [5.74, 6) is -4.64. The van der Waals surface area contributed by atoms with E-state index in [1.807, 2.05) is 18.2 Å². The van der Waals surface area contributed by atoms with Crippen molar-refractivity contribution in [2.75, 3.05) is 6.54 Å². The lowest BCUT2D eigenvalue weighted by Gasteiger charge is -2.26. The third kappa shape index (κ3) is 9.35. The Labute approximate surface area is 225 Å². The number of aromatic nitrogens is 1. The van der Waals surface area contributed by atoms with Crippen LogP contribution in [0.3, 0.4) is 0 Å². The maximum atomic E-state index is 13.1. The number of hydrogen-bond donors (Lipinski definition) is 9. The molecule has 2 rings (SSSR count). The van der Waals surface area contributed by atoms with E-state index < -0.39 is 66.3 Å². The van der Waals surface area contributed by atoms with Crippen molar-refractivity contribution in [2.24, 2.45) is 17.2 Å². The number of aliphatic hydroxyl groups excluding tert-OH is 1. The molecule has 0 fully saturated rings. The molecule has 14 nitrogen and oxygen atoms in total. The number of benzene rings is 1. The number of carbonyl (C=O) groups is 5. The highest BCUT2D eigenvalue weighted by Gasteiger charge is 2.33. The first-order valence-corrected chi connectivity index (χ1v) is 12.6. The standard InChI is InChI=1S/C25H37N7O7/c1-13(33)21(32-23(36)18(8-4-5-9-26)30-22(35)16(27)11-20(28)34)24(37)31-19(25(38)39)10-14-12-29-17-7-3-2-6-15(14)17/h2-3,6-7,12-13,16,18-19,21,29,33H,4-5,8-11,26-27H2,1H3,(H2,28,34)(H,30,35)(H,31,37)(H,32,36)(H,38,39). The van der Waals surface area contributed by atoms with Gasteiger partial charge in [0, 0.05) is 23.5 Å². The van der Waals surface area contributed by atoms with E-state index in [1.54, 1.807) is 12.3 Å². The SMILES string of the molecule is CC(O)C(NC(=O)C(CCCCN)NC(=O)C(N)CC(N)=O)C(=O)NC(Cc1c[nH]c2ccccc12)C(=O)O. The summed E-state index contributed by atoms with van der Waals surface area (Å²) in [5.41, 5.74) is 17.7. The molecule has 2 aromatic rings. The Morgan fingerprint density at radius 3 is 2.26 bits per heavy atom. The molecule has 1 aromatic heterocycles. The number of fused-ring (bicyclic) bond motifs is 1.